The molecule has 1 heterocycles. The average Bonchev–Trinajstić information content (AvgIpc) is 3.11. The highest BCUT2D eigenvalue weighted by molar-refractivity contribution is 6.30. The van der Waals surface area contributed by atoms with Gasteiger partial charge in [0.05, 0.1) is 5.69 Å². The SMILES string of the molecule is O=C(COc1ccc(Cl)cc1)Nc1ccc2nn(-c3ccc(Cl)cc3)nc2c1. The van der Waals surface area contributed by atoms with Gasteiger partial charge in [0.25, 0.3) is 5.91 Å². The highest BCUT2D eigenvalue weighted by atomic mass is 35.5. The monoisotopic (exact) mass is 412 g/mol. The van der Waals surface area contributed by atoms with E-state index in [9.17, 15) is 4.79 Å². The molecule has 0 aliphatic heterocycles. The first-order chi connectivity index (χ1) is 13.6. The van der Waals surface area contributed by atoms with Crippen molar-refractivity contribution >= 4 is 45.8 Å². The number of carbonyl (C=O) groups excluding carboxylic acids is 1. The predicted molar refractivity (Wildman–Crippen MR) is 109 cm³/mol. The highest BCUT2D eigenvalue weighted by Crippen LogP contribution is 2.19. The first-order valence-corrected chi connectivity index (χ1v) is 9.14. The molecule has 4 aromatic rings. The van der Waals surface area contributed by atoms with Crippen molar-refractivity contribution in [3.05, 3.63) is 76.8 Å². The summed E-state index contributed by atoms with van der Waals surface area (Å²) in [5, 5.41) is 12.9. The zero-order valence-corrected chi connectivity index (χ0v) is 16.0. The fraction of sp³-hybridized carbons (Fsp3) is 0.0500. The fourth-order valence-electron chi connectivity index (χ4n) is 2.56. The Morgan fingerprint density at radius 1 is 0.893 bits per heavy atom. The van der Waals surface area contributed by atoms with Gasteiger partial charge in [-0.15, -0.1) is 10.2 Å². The fourth-order valence-corrected chi connectivity index (χ4v) is 2.81. The van der Waals surface area contributed by atoms with Crippen LogP contribution in [0, 0.1) is 0 Å². The Balaban J connectivity index is 1.44. The van der Waals surface area contributed by atoms with Gasteiger partial charge in [0.15, 0.2) is 6.61 Å². The van der Waals surface area contributed by atoms with Gasteiger partial charge in [0.2, 0.25) is 0 Å². The summed E-state index contributed by atoms with van der Waals surface area (Å²) in [6, 6.07) is 19.3. The molecule has 0 aliphatic rings. The number of amides is 1. The van der Waals surface area contributed by atoms with Crippen LogP contribution in [-0.2, 0) is 4.79 Å². The van der Waals surface area contributed by atoms with Gasteiger partial charge in [0, 0.05) is 15.7 Å². The second-order valence-corrected chi connectivity index (χ2v) is 6.83. The summed E-state index contributed by atoms with van der Waals surface area (Å²) in [7, 11) is 0. The molecule has 0 bridgehead atoms. The summed E-state index contributed by atoms with van der Waals surface area (Å²) in [5.74, 6) is 0.292. The number of halogens is 2. The Hall–Kier alpha value is -3.09. The maximum atomic E-state index is 12.1. The topological polar surface area (TPSA) is 69.0 Å². The van der Waals surface area contributed by atoms with Crippen LogP contribution in [0.3, 0.4) is 0 Å². The Labute approximate surface area is 170 Å². The van der Waals surface area contributed by atoms with Crippen LogP contribution in [0.15, 0.2) is 66.7 Å². The van der Waals surface area contributed by atoms with E-state index in [1.807, 2.05) is 12.1 Å². The zero-order chi connectivity index (χ0) is 19.5. The van der Waals surface area contributed by atoms with Gasteiger partial charge in [-0.25, -0.2) is 0 Å². The third kappa shape index (κ3) is 4.24. The first kappa shape index (κ1) is 18.3. The number of hydrogen-bond acceptors (Lipinski definition) is 4. The van der Waals surface area contributed by atoms with Crippen molar-refractivity contribution in [1.29, 1.82) is 0 Å². The van der Waals surface area contributed by atoms with Crippen LogP contribution in [-0.4, -0.2) is 27.5 Å². The number of benzene rings is 3. The van der Waals surface area contributed by atoms with E-state index in [0.717, 1.165) is 5.69 Å². The molecule has 8 heteroatoms. The van der Waals surface area contributed by atoms with E-state index < -0.39 is 0 Å². The van der Waals surface area contributed by atoms with Gasteiger partial charge in [-0.1, -0.05) is 23.2 Å². The van der Waals surface area contributed by atoms with Crippen LogP contribution >= 0.6 is 23.2 Å². The average molecular weight is 413 g/mol. The van der Waals surface area contributed by atoms with E-state index in [0.29, 0.717) is 32.5 Å². The largest absolute Gasteiger partial charge is 0.484 e. The maximum Gasteiger partial charge on any atom is 0.262 e. The minimum Gasteiger partial charge on any atom is -0.484 e. The van der Waals surface area contributed by atoms with E-state index in [4.69, 9.17) is 27.9 Å². The molecular weight excluding hydrogens is 399 g/mol. The standard InChI is InChI=1S/C20H14Cl2N4O2/c21-13-1-6-16(7-2-13)26-24-18-10-5-15(11-19(18)25-26)23-20(27)12-28-17-8-3-14(22)4-9-17/h1-11H,12H2,(H,23,27). The molecule has 0 fully saturated rings. The normalized spacial score (nSPS) is 10.8. The maximum absolute atomic E-state index is 12.1. The number of rotatable bonds is 5. The molecule has 0 aliphatic carbocycles. The number of carbonyl (C=O) groups is 1. The van der Waals surface area contributed by atoms with Crippen LogP contribution < -0.4 is 10.1 Å². The lowest BCUT2D eigenvalue weighted by molar-refractivity contribution is -0.118. The lowest BCUT2D eigenvalue weighted by Crippen LogP contribution is -2.20. The summed E-state index contributed by atoms with van der Waals surface area (Å²) in [5.41, 5.74) is 2.78. The van der Waals surface area contributed by atoms with Crippen LogP contribution in [0.2, 0.25) is 10.0 Å². The Morgan fingerprint density at radius 3 is 2.25 bits per heavy atom. The molecule has 0 saturated carbocycles. The molecule has 0 atom stereocenters. The van der Waals surface area contributed by atoms with Gasteiger partial charge in [-0.2, -0.15) is 4.80 Å². The summed E-state index contributed by atoms with van der Waals surface area (Å²) in [6.45, 7) is -0.114. The predicted octanol–water partition coefficient (Wildman–Crippen LogP) is 4.74. The van der Waals surface area contributed by atoms with Crippen molar-refractivity contribution < 1.29 is 9.53 Å². The third-order valence-corrected chi connectivity index (χ3v) is 4.41. The third-order valence-electron chi connectivity index (χ3n) is 3.91. The molecule has 0 saturated heterocycles. The highest BCUT2D eigenvalue weighted by Gasteiger charge is 2.08. The molecule has 1 amide bonds. The van der Waals surface area contributed by atoms with Gasteiger partial charge < -0.3 is 10.1 Å². The Kier molecular flexibility index (Phi) is 5.14. The molecule has 140 valence electrons. The van der Waals surface area contributed by atoms with Crippen molar-refractivity contribution in [1.82, 2.24) is 15.0 Å². The summed E-state index contributed by atoms with van der Waals surface area (Å²) in [4.78, 5) is 13.7. The lowest BCUT2D eigenvalue weighted by Gasteiger charge is -2.07. The minimum absolute atomic E-state index is 0.114. The number of ether oxygens (including phenoxy) is 1. The first-order valence-electron chi connectivity index (χ1n) is 8.38. The molecule has 1 aromatic heterocycles. The molecule has 4 rings (SSSR count). The number of nitrogens with zero attached hydrogens (tertiary/aromatic N) is 3. The Bertz CT molecular complexity index is 1130. The van der Waals surface area contributed by atoms with Crippen LogP contribution in [0.4, 0.5) is 5.69 Å². The van der Waals surface area contributed by atoms with Crippen molar-refractivity contribution in [2.24, 2.45) is 0 Å². The van der Waals surface area contributed by atoms with Crippen LogP contribution in [0.1, 0.15) is 0 Å². The summed E-state index contributed by atoms with van der Waals surface area (Å²) in [6.07, 6.45) is 0. The minimum atomic E-state index is -0.278. The molecule has 0 unspecified atom stereocenters. The zero-order valence-electron chi connectivity index (χ0n) is 14.5. The van der Waals surface area contributed by atoms with Crippen molar-refractivity contribution in [2.45, 2.75) is 0 Å². The van der Waals surface area contributed by atoms with E-state index in [1.54, 1.807) is 54.6 Å². The molecular formula is C20H14Cl2N4O2. The lowest BCUT2D eigenvalue weighted by atomic mass is 10.3. The molecule has 0 spiro atoms. The smallest absolute Gasteiger partial charge is 0.262 e. The molecule has 1 N–H and O–H groups in total. The molecule has 6 nitrogen and oxygen atoms in total. The van der Waals surface area contributed by atoms with E-state index in [-0.39, 0.29) is 12.5 Å². The van der Waals surface area contributed by atoms with Gasteiger partial charge in [-0.05, 0) is 66.7 Å². The molecule has 28 heavy (non-hydrogen) atoms. The van der Waals surface area contributed by atoms with Gasteiger partial charge >= 0.3 is 0 Å². The number of nitrogens with one attached hydrogen (secondary N) is 1. The second kappa shape index (κ2) is 7.88. The Morgan fingerprint density at radius 2 is 1.54 bits per heavy atom. The number of fused-ring (bicyclic) bond motifs is 1. The van der Waals surface area contributed by atoms with Crippen molar-refractivity contribution in [2.75, 3.05) is 11.9 Å². The van der Waals surface area contributed by atoms with E-state index >= 15 is 0 Å². The molecule has 0 radical (unpaired) electrons. The number of anilines is 1. The van der Waals surface area contributed by atoms with Crippen molar-refractivity contribution in [3.63, 3.8) is 0 Å². The molecule has 3 aromatic carbocycles. The van der Waals surface area contributed by atoms with Gasteiger partial charge in [-0.3, -0.25) is 4.79 Å². The van der Waals surface area contributed by atoms with E-state index in [1.165, 1.54) is 4.80 Å². The quantitative estimate of drug-likeness (QED) is 0.513. The van der Waals surface area contributed by atoms with E-state index in [2.05, 4.69) is 15.5 Å². The summed E-state index contributed by atoms with van der Waals surface area (Å²) >= 11 is 11.7. The number of aromatic nitrogens is 3. The second-order valence-electron chi connectivity index (χ2n) is 5.96. The van der Waals surface area contributed by atoms with Gasteiger partial charge in [0.1, 0.15) is 16.8 Å². The van der Waals surface area contributed by atoms with Crippen LogP contribution in [0.5, 0.6) is 5.75 Å². The summed E-state index contributed by atoms with van der Waals surface area (Å²) < 4.78 is 5.44. The van der Waals surface area contributed by atoms with Crippen molar-refractivity contribution in [3.8, 4) is 11.4 Å². The number of hydrogen-bond donors (Lipinski definition) is 1. The van der Waals surface area contributed by atoms with Crippen LogP contribution in [0.25, 0.3) is 16.7 Å².